The van der Waals surface area contributed by atoms with Gasteiger partial charge in [-0.25, -0.2) is 0 Å². The number of nitrogens with one attached hydrogen (secondary N) is 2. The monoisotopic (exact) mass is 269 g/mol. The highest BCUT2D eigenvalue weighted by Gasteiger charge is 2.20. The molecule has 0 bridgehead atoms. The number of hydrogen-bond acceptors (Lipinski definition) is 2. The number of rotatable bonds is 9. The van der Waals surface area contributed by atoms with E-state index in [1.165, 1.54) is 19.3 Å². The summed E-state index contributed by atoms with van der Waals surface area (Å²) >= 11 is 0. The lowest BCUT2D eigenvalue weighted by Gasteiger charge is -2.21. The Morgan fingerprint density at radius 1 is 1.26 bits per heavy atom. The van der Waals surface area contributed by atoms with Crippen molar-refractivity contribution < 1.29 is 4.74 Å². The van der Waals surface area contributed by atoms with Crippen LogP contribution in [0.3, 0.4) is 0 Å². The Morgan fingerprint density at radius 3 is 2.47 bits per heavy atom. The molecule has 1 atom stereocenters. The molecule has 4 heteroatoms. The van der Waals surface area contributed by atoms with Crippen molar-refractivity contribution in [1.29, 1.82) is 0 Å². The smallest absolute Gasteiger partial charge is 0.190 e. The van der Waals surface area contributed by atoms with Crippen LogP contribution in [0.4, 0.5) is 0 Å². The minimum Gasteiger partial charge on any atom is -0.378 e. The molecule has 0 radical (unpaired) electrons. The van der Waals surface area contributed by atoms with Crippen molar-refractivity contribution in [3.05, 3.63) is 0 Å². The first-order valence-corrected chi connectivity index (χ1v) is 7.73. The van der Waals surface area contributed by atoms with Crippen molar-refractivity contribution in [3.63, 3.8) is 0 Å². The molecule has 0 saturated heterocycles. The Morgan fingerprint density at radius 2 is 1.95 bits per heavy atom. The van der Waals surface area contributed by atoms with E-state index in [1.807, 2.05) is 7.05 Å². The number of guanidine groups is 1. The van der Waals surface area contributed by atoms with Crippen LogP contribution < -0.4 is 10.6 Å². The minimum atomic E-state index is 0.335. The normalized spacial score (nSPS) is 17.6. The summed E-state index contributed by atoms with van der Waals surface area (Å²) < 4.78 is 5.74. The van der Waals surface area contributed by atoms with Crippen LogP contribution in [-0.4, -0.2) is 38.8 Å². The zero-order chi connectivity index (χ0) is 14.1. The third-order valence-electron chi connectivity index (χ3n) is 3.61. The van der Waals surface area contributed by atoms with E-state index in [0.717, 1.165) is 38.0 Å². The zero-order valence-electron chi connectivity index (χ0n) is 13.0. The molecule has 1 unspecified atom stereocenters. The molecule has 1 saturated carbocycles. The highest BCUT2D eigenvalue weighted by atomic mass is 16.5. The standard InChI is InChI=1S/C15H31N3O/c1-5-19-14(12(2)3)9-11-18-15(16-4)17-10-8-13-6-7-13/h12-14H,5-11H2,1-4H3,(H2,16,17,18). The van der Waals surface area contributed by atoms with Crippen LogP contribution in [0.1, 0.15) is 46.5 Å². The van der Waals surface area contributed by atoms with Gasteiger partial charge in [0.15, 0.2) is 5.96 Å². The third kappa shape index (κ3) is 7.41. The average Bonchev–Trinajstić information content (AvgIpc) is 3.19. The van der Waals surface area contributed by atoms with Crippen molar-refractivity contribution in [2.45, 2.75) is 52.6 Å². The quantitative estimate of drug-likeness (QED) is 0.499. The fourth-order valence-electron chi connectivity index (χ4n) is 2.18. The molecule has 0 heterocycles. The Hall–Kier alpha value is -0.770. The van der Waals surface area contributed by atoms with E-state index in [1.54, 1.807) is 0 Å². The van der Waals surface area contributed by atoms with E-state index < -0.39 is 0 Å². The molecule has 0 spiro atoms. The van der Waals surface area contributed by atoms with Crippen LogP contribution in [-0.2, 0) is 4.74 Å². The first kappa shape index (κ1) is 16.3. The van der Waals surface area contributed by atoms with Gasteiger partial charge in [0.25, 0.3) is 0 Å². The van der Waals surface area contributed by atoms with Crippen LogP contribution in [0.5, 0.6) is 0 Å². The molecule has 1 rings (SSSR count). The topological polar surface area (TPSA) is 45.6 Å². The fraction of sp³-hybridized carbons (Fsp3) is 0.933. The molecule has 0 amide bonds. The number of nitrogens with zero attached hydrogens (tertiary/aromatic N) is 1. The van der Waals surface area contributed by atoms with Gasteiger partial charge in [-0.15, -0.1) is 0 Å². The maximum atomic E-state index is 5.74. The van der Waals surface area contributed by atoms with Gasteiger partial charge in [-0.2, -0.15) is 0 Å². The number of hydrogen-bond donors (Lipinski definition) is 2. The van der Waals surface area contributed by atoms with E-state index >= 15 is 0 Å². The molecule has 19 heavy (non-hydrogen) atoms. The second-order valence-electron chi connectivity index (χ2n) is 5.68. The molecular weight excluding hydrogens is 238 g/mol. The summed E-state index contributed by atoms with van der Waals surface area (Å²) in [6.07, 6.45) is 5.46. The summed E-state index contributed by atoms with van der Waals surface area (Å²) in [5.74, 6) is 2.44. The van der Waals surface area contributed by atoms with Gasteiger partial charge in [0.2, 0.25) is 0 Å². The molecule has 0 aromatic carbocycles. The average molecular weight is 269 g/mol. The van der Waals surface area contributed by atoms with E-state index in [-0.39, 0.29) is 0 Å². The van der Waals surface area contributed by atoms with Crippen molar-refractivity contribution >= 4 is 5.96 Å². The van der Waals surface area contributed by atoms with Crippen LogP contribution in [0.25, 0.3) is 0 Å². The van der Waals surface area contributed by atoms with Crippen molar-refractivity contribution in [2.75, 3.05) is 26.7 Å². The van der Waals surface area contributed by atoms with E-state index in [2.05, 4.69) is 36.4 Å². The molecule has 2 N–H and O–H groups in total. The minimum absolute atomic E-state index is 0.335. The molecule has 112 valence electrons. The van der Waals surface area contributed by atoms with Gasteiger partial charge in [0.1, 0.15) is 0 Å². The highest BCUT2D eigenvalue weighted by Crippen LogP contribution is 2.31. The van der Waals surface area contributed by atoms with Crippen LogP contribution in [0.2, 0.25) is 0 Å². The van der Waals surface area contributed by atoms with Gasteiger partial charge >= 0.3 is 0 Å². The molecule has 0 aromatic rings. The first-order chi connectivity index (χ1) is 9.17. The molecule has 0 aromatic heterocycles. The molecule has 1 aliphatic carbocycles. The summed E-state index contributed by atoms with van der Waals surface area (Å²) in [5, 5.41) is 6.74. The SMILES string of the molecule is CCOC(CCNC(=NC)NCCC1CC1)C(C)C. The Labute approximate surface area is 118 Å². The van der Waals surface area contributed by atoms with Gasteiger partial charge in [0.05, 0.1) is 6.10 Å². The van der Waals surface area contributed by atoms with Crippen molar-refractivity contribution in [3.8, 4) is 0 Å². The lowest BCUT2D eigenvalue weighted by atomic mass is 10.0. The first-order valence-electron chi connectivity index (χ1n) is 7.73. The second kappa shape index (κ2) is 9.18. The van der Waals surface area contributed by atoms with Crippen molar-refractivity contribution in [1.82, 2.24) is 10.6 Å². The largest absolute Gasteiger partial charge is 0.378 e. The molecule has 1 fully saturated rings. The maximum absolute atomic E-state index is 5.74. The molecule has 4 nitrogen and oxygen atoms in total. The van der Waals surface area contributed by atoms with E-state index in [4.69, 9.17) is 4.74 Å². The van der Waals surface area contributed by atoms with Crippen LogP contribution in [0.15, 0.2) is 4.99 Å². The van der Waals surface area contributed by atoms with Crippen molar-refractivity contribution in [2.24, 2.45) is 16.8 Å². The molecule has 0 aliphatic heterocycles. The number of aliphatic imine (C=N–C) groups is 1. The summed E-state index contributed by atoms with van der Waals surface area (Å²) in [6.45, 7) is 9.21. The maximum Gasteiger partial charge on any atom is 0.190 e. The lowest BCUT2D eigenvalue weighted by molar-refractivity contribution is 0.0258. The van der Waals surface area contributed by atoms with Gasteiger partial charge in [-0.3, -0.25) is 4.99 Å². The Kier molecular flexibility index (Phi) is 7.87. The van der Waals surface area contributed by atoms with Gasteiger partial charge < -0.3 is 15.4 Å². The Balaban J connectivity index is 2.12. The van der Waals surface area contributed by atoms with Gasteiger partial charge in [0, 0.05) is 26.7 Å². The fourth-order valence-corrected chi connectivity index (χ4v) is 2.18. The summed E-state index contributed by atoms with van der Waals surface area (Å²) in [4.78, 5) is 4.25. The Bertz CT molecular complexity index is 262. The molecular formula is C15H31N3O. The predicted molar refractivity (Wildman–Crippen MR) is 81.6 cm³/mol. The number of ether oxygens (including phenoxy) is 1. The third-order valence-corrected chi connectivity index (χ3v) is 3.61. The van der Waals surface area contributed by atoms with Gasteiger partial charge in [-0.1, -0.05) is 26.7 Å². The van der Waals surface area contributed by atoms with Crippen LogP contribution in [0, 0.1) is 11.8 Å². The highest BCUT2D eigenvalue weighted by molar-refractivity contribution is 5.79. The zero-order valence-corrected chi connectivity index (χ0v) is 13.0. The van der Waals surface area contributed by atoms with E-state index in [0.29, 0.717) is 12.0 Å². The van der Waals surface area contributed by atoms with Gasteiger partial charge in [-0.05, 0) is 31.6 Å². The summed E-state index contributed by atoms with van der Waals surface area (Å²) in [5.41, 5.74) is 0. The van der Waals surface area contributed by atoms with E-state index in [9.17, 15) is 0 Å². The van der Waals surface area contributed by atoms with Crippen LogP contribution >= 0.6 is 0 Å². The lowest BCUT2D eigenvalue weighted by Crippen LogP contribution is -2.39. The summed E-state index contributed by atoms with van der Waals surface area (Å²) in [7, 11) is 1.83. The second-order valence-corrected chi connectivity index (χ2v) is 5.68. The summed E-state index contributed by atoms with van der Waals surface area (Å²) in [6, 6.07) is 0. The molecule has 1 aliphatic rings. The predicted octanol–water partition coefficient (Wildman–Crippen LogP) is 2.40.